The van der Waals surface area contributed by atoms with Crippen molar-refractivity contribution in [2.24, 2.45) is 9.98 Å². The molecule has 0 spiro atoms. The molecular weight excluding hydrogens is 631 g/mol. The molecule has 1 aliphatic heterocycles. The summed E-state index contributed by atoms with van der Waals surface area (Å²) in [5.41, 5.74) is 9.07. The van der Waals surface area contributed by atoms with Crippen LogP contribution in [0.15, 0.2) is 154 Å². The summed E-state index contributed by atoms with van der Waals surface area (Å²) >= 11 is 14.4. The normalized spacial score (nSPS) is 16.4. The Kier molecular flexibility index (Phi) is 9.12. The SMILES string of the molecule is C/C=C\C(=C/C)c1c(-c2ccccc2)nc(-c2ccccc2Cl)n1C1(C2=C(Cl)CCCC2)N=C(c2ccccc2)C(c2ccccc2)=N1. The number of aromatic nitrogens is 2. The number of allylic oxidation sites excluding steroid dienone is 5. The second-order valence-corrected chi connectivity index (χ2v) is 12.8. The minimum absolute atomic E-state index is 0.597. The van der Waals surface area contributed by atoms with Gasteiger partial charge in [0.05, 0.1) is 27.8 Å². The molecule has 0 amide bonds. The van der Waals surface area contributed by atoms with Crippen LogP contribution in [0.3, 0.4) is 0 Å². The maximum absolute atomic E-state index is 7.32. The summed E-state index contributed by atoms with van der Waals surface area (Å²) in [6.45, 7) is 4.09. The van der Waals surface area contributed by atoms with Gasteiger partial charge in [0.1, 0.15) is 5.82 Å². The third-order valence-electron chi connectivity index (χ3n) is 8.94. The Balaban J connectivity index is 1.70. The maximum atomic E-state index is 7.32. The Bertz CT molecular complexity index is 2050. The number of benzene rings is 4. The molecule has 0 bridgehead atoms. The minimum atomic E-state index is -1.27. The highest BCUT2D eigenvalue weighted by Gasteiger charge is 2.47. The van der Waals surface area contributed by atoms with E-state index in [-0.39, 0.29) is 0 Å². The molecule has 6 heteroatoms. The van der Waals surface area contributed by atoms with E-state index < -0.39 is 5.79 Å². The zero-order valence-electron chi connectivity index (χ0n) is 27.1. The van der Waals surface area contributed by atoms with E-state index in [9.17, 15) is 0 Å². The maximum Gasteiger partial charge on any atom is 0.258 e. The van der Waals surface area contributed by atoms with Gasteiger partial charge in [-0.3, -0.25) is 4.57 Å². The molecule has 0 fully saturated rings. The molecule has 0 N–H and O–H groups in total. The lowest BCUT2D eigenvalue weighted by molar-refractivity contribution is 0.367. The van der Waals surface area contributed by atoms with E-state index in [1.54, 1.807) is 0 Å². The van der Waals surface area contributed by atoms with Crippen LogP contribution in [0.4, 0.5) is 0 Å². The van der Waals surface area contributed by atoms with Crippen LogP contribution in [0.5, 0.6) is 0 Å². The summed E-state index contributed by atoms with van der Waals surface area (Å²) < 4.78 is 2.22. The Morgan fingerprint density at radius 3 is 1.77 bits per heavy atom. The number of hydrogen-bond donors (Lipinski definition) is 0. The van der Waals surface area contributed by atoms with E-state index in [4.69, 9.17) is 38.2 Å². The second-order valence-electron chi connectivity index (χ2n) is 11.9. The van der Waals surface area contributed by atoms with Gasteiger partial charge in [0, 0.05) is 32.9 Å². The summed E-state index contributed by atoms with van der Waals surface area (Å²) in [5, 5.41) is 1.40. The topological polar surface area (TPSA) is 42.5 Å². The molecule has 1 aromatic heterocycles. The molecule has 0 atom stereocenters. The first kappa shape index (κ1) is 31.8. The monoisotopic (exact) mass is 666 g/mol. The fourth-order valence-electron chi connectivity index (χ4n) is 6.73. The number of imidazole rings is 1. The average Bonchev–Trinajstić information content (AvgIpc) is 3.73. The number of hydrogen-bond acceptors (Lipinski definition) is 3. The van der Waals surface area contributed by atoms with Crippen LogP contribution in [0.1, 0.15) is 56.4 Å². The second kappa shape index (κ2) is 13.8. The largest absolute Gasteiger partial charge is 0.275 e. The van der Waals surface area contributed by atoms with Crippen molar-refractivity contribution in [2.45, 2.75) is 45.3 Å². The summed E-state index contributed by atoms with van der Waals surface area (Å²) in [5.74, 6) is -0.594. The predicted molar refractivity (Wildman–Crippen MR) is 202 cm³/mol. The Hall–Kier alpha value is -4.77. The number of aliphatic imine (C=N–C) groups is 2. The van der Waals surface area contributed by atoms with E-state index in [0.717, 1.165) is 86.9 Å². The average molecular weight is 668 g/mol. The van der Waals surface area contributed by atoms with Crippen LogP contribution in [0.25, 0.3) is 28.2 Å². The van der Waals surface area contributed by atoms with Crippen LogP contribution < -0.4 is 0 Å². The molecule has 2 heterocycles. The summed E-state index contributed by atoms with van der Waals surface area (Å²) in [6.07, 6.45) is 9.84. The van der Waals surface area contributed by atoms with Crippen molar-refractivity contribution < 1.29 is 0 Å². The highest BCUT2D eigenvalue weighted by molar-refractivity contribution is 6.54. The van der Waals surface area contributed by atoms with Crippen LogP contribution in [0, 0.1) is 0 Å². The van der Waals surface area contributed by atoms with Gasteiger partial charge in [-0.15, -0.1) is 0 Å². The van der Waals surface area contributed by atoms with Crippen molar-refractivity contribution in [3.63, 3.8) is 0 Å². The Morgan fingerprint density at radius 1 is 0.688 bits per heavy atom. The van der Waals surface area contributed by atoms with E-state index >= 15 is 0 Å². The van der Waals surface area contributed by atoms with Crippen LogP contribution in [-0.4, -0.2) is 21.0 Å². The van der Waals surface area contributed by atoms with Gasteiger partial charge in [0.25, 0.3) is 5.79 Å². The number of halogens is 2. The molecule has 1 aliphatic carbocycles. The molecule has 7 rings (SSSR count). The molecule has 5 aromatic rings. The highest BCUT2D eigenvalue weighted by atomic mass is 35.5. The van der Waals surface area contributed by atoms with Gasteiger partial charge in [-0.05, 0) is 57.2 Å². The van der Waals surface area contributed by atoms with Gasteiger partial charge in [0.15, 0.2) is 0 Å². The third-order valence-corrected chi connectivity index (χ3v) is 9.69. The standard InChI is InChI=1S/C42H36Cl2N4/c1-3-18-29(4-2)40-39(32-23-12-7-13-24-32)45-41(33-25-14-16-27-35(33)43)48(40)42(34-26-15-17-28-36(34)44)46-37(30-19-8-5-9-20-30)38(47-42)31-21-10-6-11-22-31/h3-14,16,18-25,27H,15,17,26,28H2,1-2H3/b18-3-,29-4+. The molecular formula is C42H36Cl2N4. The Labute approximate surface area is 292 Å². The van der Waals surface area contributed by atoms with Gasteiger partial charge < -0.3 is 0 Å². The van der Waals surface area contributed by atoms with E-state index in [1.165, 1.54) is 0 Å². The van der Waals surface area contributed by atoms with Crippen molar-refractivity contribution >= 4 is 40.2 Å². The van der Waals surface area contributed by atoms with E-state index in [2.05, 4.69) is 66.1 Å². The fraction of sp³-hybridized carbons (Fsp3) is 0.167. The van der Waals surface area contributed by atoms with Crippen LogP contribution >= 0.6 is 23.2 Å². The van der Waals surface area contributed by atoms with Crippen molar-refractivity contribution in [1.82, 2.24) is 9.55 Å². The summed E-state index contributed by atoms with van der Waals surface area (Å²) in [7, 11) is 0. The molecule has 0 saturated carbocycles. The molecule has 0 radical (unpaired) electrons. The zero-order chi connectivity index (χ0) is 33.1. The van der Waals surface area contributed by atoms with Gasteiger partial charge in [0.2, 0.25) is 0 Å². The van der Waals surface area contributed by atoms with Gasteiger partial charge >= 0.3 is 0 Å². The molecule has 0 unspecified atom stereocenters. The van der Waals surface area contributed by atoms with Crippen LogP contribution in [-0.2, 0) is 5.79 Å². The summed E-state index contributed by atoms with van der Waals surface area (Å²) in [4.78, 5) is 17.0. The predicted octanol–water partition coefficient (Wildman–Crippen LogP) is 11.5. The smallest absolute Gasteiger partial charge is 0.258 e. The van der Waals surface area contributed by atoms with Crippen molar-refractivity contribution in [3.8, 4) is 22.6 Å². The highest BCUT2D eigenvalue weighted by Crippen LogP contribution is 2.50. The van der Waals surface area contributed by atoms with Crippen molar-refractivity contribution in [2.75, 3.05) is 0 Å². The number of nitrogens with zero attached hydrogens (tertiary/aromatic N) is 4. The van der Waals surface area contributed by atoms with E-state index in [1.807, 2.05) is 85.8 Å². The lowest BCUT2D eigenvalue weighted by atomic mass is 9.92. The van der Waals surface area contributed by atoms with Gasteiger partial charge in [-0.2, -0.15) is 0 Å². The molecule has 0 saturated heterocycles. The first-order valence-electron chi connectivity index (χ1n) is 16.5. The lowest BCUT2D eigenvalue weighted by Gasteiger charge is -2.34. The molecule has 4 nitrogen and oxygen atoms in total. The molecule has 4 aromatic carbocycles. The first-order valence-corrected chi connectivity index (χ1v) is 17.2. The van der Waals surface area contributed by atoms with E-state index in [0.29, 0.717) is 10.8 Å². The Morgan fingerprint density at radius 2 is 1.23 bits per heavy atom. The number of rotatable bonds is 8. The summed E-state index contributed by atoms with van der Waals surface area (Å²) in [6, 6.07) is 38.8. The third kappa shape index (κ3) is 5.70. The van der Waals surface area contributed by atoms with Crippen molar-refractivity contribution in [1.29, 1.82) is 0 Å². The zero-order valence-corrected chi connectivity index (χ0v) is 28.6. The molecule has 2 aliphatic rings. The molecule has 238 valence electrons. The minimum Gasteiger partial charge on any atom is -0.275 e. The van der Waals surface area contributed by atoms with Crippen molar-refractivity contribution in [3.05, 3.63) is 166 Å². The quantitative estimate of drug-likeness (QED) is 0.152. The fourth-order valence-corrected chi connectivity index (χ4v) is 7.30. The van der Waals surface area contributed by atoms with Crippen LogP contribution in [0.2, 0.25) is 5.02 Å². The van der Waals surface area contributed by atoms with Gasteiger partial charge in [-0.1, -0.05) is 145 Å². The first-order chi connectivity index (χ1) is 23.6. The molecule has 48 heavy (non-hydrogen) atoms. The lowest BCUT2D eigenvalue weighted by Crippen LogP contribution is -2.34. The van der Waals surface area contributed by atoms with Gasteiger partial charge in [-0.25, -0.2) is 15.0 Å².